The van der Waals surface area contributed by atoms with Gasteiger partial charge in [-0.15, -0.1) is 0 Å². The summed E-state index contributed by atoms with van der Waals surface area (Å²) in [6.45, 7) is 2.97. The first-order chi connectivity index (χ1) is 19.9. The highest BCUT2D eigenvalue weighted by Gasteiger charge is 2.12. The second-order valence-electron chi connectivity index (χ2n) is 8.61. The van der Waals surface area contributed by atoms with E-state index in [1.807, 2.05) is 97.1 Å². The minimum Gasteiger partial charge on any atom is -0.487 e. The molecule has 208 valence electrons. The maximum atomic E-state index is 6.16. The van der Waals surface area contributed by atoms with Crippen LogP contribution in [0.2, 0.25) is 0 Å². The number of hydrogen-bond acceptors (Lipinski definition) is 8. The van der Waals surface area contributed by atoms with Crippen LogP contribution in [0.4, 0.5) is 0 Å². The molecule has 8 nitrogen and oxygen atoms in total. The van der Waals surface area contributed by atoms with Crippen molar-refractivity contribution in [2.75, 3.05) is 52.9 Å². The zero-order valence-electron chi connectivity index (χ0n) is 22.2. The van der Waals surface area contributed by atoms with E-state index in [0.717, 1.165) is 0 Å². The van der Waals surface area contributed by atoms with Crippen molar-refractivity contribution in [3.8, 4) is 46.0 Å². The molecule has 5 rings (SSSR count). The molecule has 0 saturated carbocycles. The van der Waals surface area contributed by atoms with Gasteiger partial charge in [0.1, 0.15) is 26.4 Å². The topological polar surface area (TPSA) is 73.8 Å². The van der Waals surface area contributed by atoms with Gasteiger partial charge in [-0.3, -0.25) is 0 Å². The Labute approximate surface area is 233 Å². The molecule has 8 heteroatoms. The highest BCUT2D eigenvalue weighted by Crippen LogP contribution is 2.37. The Kier molecular flexibility index (Phi) is 9.97. The summed E-state index contributed by atoms with van der Waals surface area (Å²) in [4.78, 5) is 0. The second-order valence-corrected chi connectivity index (χ2v) is 8.61. The van der Waals surface area contributed by atoms with E-state index in [0.29, 0.717) is 98.9 Å². The third-order valence-electron chi connectivity index (χ3n) is 5.78. The Hall–Kier alpha value is -4.40. The van der Waals surface area contributed by atoms with Gasteiger partial charge in [0.25, 0.3) is 0 Å². The largest absolute Gasteiger partial charge is 0.487 e. The van der Waals surface area contributed by atoms with Crippen LogP contribution in [0.5, 0.6) is 46.0 Å². The summed E-state index contributed by atoms with van der Waals surface area (Å²) in [5, 5.41) is 0. The van der Waals surface area contributed by atoms with Crippen LogP contribution in [0, 0.1) is 0 Å². The Morgan fingerprint density at radius 3 is 0.750 bits per heavy atom. The molecule has 0 unspecified atom stereocenters. The maximum absolute atomic E-state index is 6.16. The third kappa shape index (κ3) is 7.81. The Bertz CT molecular complexity index is 1140. The summed E-state index contributed by atoms with van der Waals surface area (Å²) in [7, 11) is 0. The second kappa shape index (κ2) is 14.7. The lowest BCUT2D eigenvalue weighted by Gasteiger charge is -2.16. The lowest BCUT2D eigenvalue weighted by Crippen LogP contribution is -2.13. The molecule has 0 saturated heterocycles. The van der Waals surface area contributed by atoms with Gasteiger partial charge in [0.15, 0.2) is 46.0 Å². The van der Waals surface area contributed by atoms with Crippen LogP contribution in [0.3, 0.4) is 0 Å². The van der Waals surface area contributed by atoms with E-state index in [1.54, 1.807) is 0 Å². The van der Waals surface area contributed by atoms with Gasteiger partial charge in [-0.2, -0.15) is 0 Å². The van der Waals surface area contributed by atoms with Crippen LogP contribution in [0.15, 0.2) is 97.1 Å². The molecule has 1 heterocycles. The van der Waals surface area contributed by atoms with Crippen molar-refractivity contribution < 1.29 is 37.9 Å². The maximum Gasteiger partial charge on any atom is 0.169 e. The quantitative estimate of drug-likeness (QED) is 0.247. The molecule has 0 bridgehead atoms. The molecule has 0 aliphatic carbocycles. The zero-order valence-corrected chi connectivity index (χ0v) is 22.2. The lowest BCUT2D eigenvalue weighted by atomic mass is 10.3. The highest BCUT2D eigenvalue weighted by molar-refractivity contribution is 5.48. The summed E-state index contributed by atoms with van der Waals surface area (Å²) in [5.74, 6) is 4.79. The molecule has 4 aromatic carbocycles. The minimum absolute atomic E-state index is 0.354. The number of ether oxygens (including phenoxy) is 8. The monoisotopic (exact) mass is 544 g/mol. The molecule has 4 aromatic rings. The van der Waals surface area contributed by atoms with Gasteiger partial charge in [-0.05, 0) is 48.5 Å². The lowest BCUT2D eigenvalue weighted by molar-refractivity contribution is 0.0737. The number of hydrogen-bond donors (Lipinski definition) is 0. The molecule has 0 fully saturated rings. The van der Waals surface area contributed by atoms with Gasteiger partial charge in [-0.1, -0.05) is 48.5 Å². The number of rotatable bonds is 0. The highest BCUT2D eigenvalue weighted by atomic mass is 16.6. The molecule has 0 aromatic heterocycles. The Morgan fingerprint density at radius 2 is 0.500 bits per heavy atom. The van der Waals surface area contributed by atoms with Crippen molar-refractivity contribution >= 4 is 0 Å². The molecule has 0 radical (unpaired) electrons. The predicted octanol–water partition coefficient (Wildman–Crippen LogP) is 6.53. The van der Waals surface area contributed by atoms with Gasteiger partial charge < -0.3 is 37.9 Å². The van der Waals surface area contributed by atoms with Crippen molar-refractivity contribution in [1.82, 2.24) is 0 Å². The standard InChI is InChI=1S/C32H32O8/c1-5-13-29-25(9-1)35-21-17-33-18-22-37-27-11-3-7-15-31(27)40-32-16-8-4-12-28(32)38-24-20-34-19-23-36-26-10-2-6-14-30(26)39-29/h1-16H,17-24H2. The molecule has 40 heavy (non-hydrogen) atoms. The van der Waals surface area contributed by atoms with E-state index >= 15 is 0 Å². The van der Waals surface area contributed by atoms with E-state index in [-0.39, 0.29) is 0 Å². The molecule has 0 atom stereocenters. The summed E-state index contributed by atoms with van der Waals surface area (Å²) in [6, 6.07) is 30.0. The summed E-state index contributed by atoms with van der Waals surface area (Å²) in [5.41, 5.74) is 0. The average molecular weight is 545 g/mol. The van der Waals surface area contributed by atoms with Crippen LogP contribution < -0.4 is 28.4 Å². The molecule has 0 spiro atoms. The van der Waals surface area contributed by atoms with E-state index in [2.05, 4.69) is 0 Å². The van der Waals surface area contributed by atoms with Crippen molar-refractivity contribution in [2.24, 2.45) is 0 Å². The van der Waals surface area contributed by atoms with Crippen molar-refractivity contribution in [3.05, 3.63) is 97.1 Å². The van der Waals surface area contributed by atoms with E-state index in [1.165, 1.54) is 0 Å². The molecular weight excluding hydrogens is 512 g/mol. The normalized spacial score (nSPS) is 15.2. The van der Waals surface area contributed by atoms with Crippen LogP contribution in [0.25, 0.3) is 0 Å². The van der Waals surface area contributed by atoms with E-state index in [4.69, 9.17) is 37.9 Å². The fourth-order valence-corrected chi connectivity index (χ4v) is 3.90. The smallest absolute Gasteiger partial charge is 0.169 e. The van der Waals surface area contributed by atoms with Crippen LogP contribution in [0.1, 0.15) is 0 Å². The summed E-state index contributed by atoms with van der Waals surface area (Å²) < 4.78 is 47.6. The fraction of sp³-hybridized carbons (Fsp3) is 0.250. The first kappa shape index (κ1) is 27.2. The Balaban J connectivity index is 1.27. The van der Waals surface area contributed by atoms with Crippen molar-refractivity contribution in [2.45, 2.75) is 0 Å². The van der Waals surface area contributed by atoms with Crippen molar-refractivity contribution in [3.63, 3.8) is 0 Å². The van der Waals surface area contributed by atoms with Gasteiger partial charge in [0, 0.05) is 0 Å². The first-order valence-electron chi connectivity index (χ1n) is 13.3. The number of benzene rings is 4. The molecule has 1 aliphatic rings. The number of fused-ring (bicyclic) bond motifs is 4. The predicted molar refractivity (Wildman–Crippen MR) is 150 cm³/mol. The van der Waals surface area contributed by atoms with Gasteiger partial charge in [-0.25, -0.2) is 0 Å². The number of para-hydroxylation sites is 8. The fourth-order valence-electron chi connectivity index (χ4n) is 3.90. The minimum atomic E-state index is 0.354. The summed E-state index contributed by atoms with van der Waals surface area (Å²) >= 11 is 0. The molecular formula is C32H32O8. The first-order valence-corrected chi connectivity index (χ1v) is 13.3. The van der Waals surface area contributed by atoms with Crippen molar-refractivity contribution in [1.29, 1.82) is 0 Å². The average Bonchev–Trinajstić information content (AvgIpc) is 2.99. The van der Waals surface area contributed by atoms with Crippen LogP contribution >= 0.6 is 0 Å². The van der Waals surface area contributed by atoms with Gasteiger partial charge in [0.05, 0.1) is 26.4 Å². The van der Waals surface area contributed by atoms with Crippen LogP contribution in [-0.2, 0) is 9.47 Å². The molecule has 1 aliphatic heterocycles. The zero-order chi connectivity index (χ0) is 27.2. The Morgan fingerprint density at radius 1 is 0.275 bits per heavy atom. The van der Waals surface area contributed by atoms with Crippen LogP contribution in [-0.4, -0.2) is 52.9 Å². The molecule has 0 N–H and O–H groups in total. The van der Waals surface area contributed by atoms with Gasteiger partial charge >= 0.3 is 0 Å². The SMILES string of the molecule is c1ccc2c(c1)OCCOCCOc1ccccc1Oc1ccccc1OCCOCCOc1ccccc1O2. The van der Waals surface area contributed by atoms with E-state index in [9.17, 15) is 0 Å². The third-order valence-corrected chi connectivity index (χ3v) is 5.78. The summed E-state index contributed by atoms with van der Waals surface area (Å²) in [6.07, 6.45) is 0. The van der Waals surface area contributed by atoms with E-state index < -0.39 is 0 Å². The molecule has 0 amide bonds. The van der Waals surface area contributed by atoms with Gasteiger partial charge in [0.2, 0.25) is 0 Å².